The van der Waals surface area contributed by atoms with E-state index in [1.165, 1.54) is 0 Å². The first-order valence-corrected chi connectivity index (χ1v) is 12.9. The summed E-state index contributed by atoms with van der Waals surface area (Å²) < 4.78 is 13.1. The minimum Gasteiger partial charge on any atom is -0.493 e. The number of benzene rings is 2. The molecule has 0 spiro atoms. The van der Waals surface area contributed by atoms with Gasteiger partial charge in [-0.15, -0.1) is 0 Å². The topological polar surface area (TPSA) is 82.0 Å². The van der Waals surface area contributed by atoms with Gasteiger partial charge < -0.3 is 14.5 Å². The summed E-state index contributed by atoms with van der Waals surface area (Å²) in [7, 11) is 1.63. The summed E-state index contributed by atoms with van der Waals surface area (Å²) in [5, 5.41) is 0. The lowest BCUT2D eigenvalue weighted by atomic mass is 10.1. The standard InChI is InChI=1S/C26H28N4O3S/c1-4-33-23-14-17(8-10-22(23)32-2)21(15-34-3)30-20-9-7-18(13-19(20)29-26(30)31)25-24(16-5-6-16)27-11-12-28-25/h7-14,16,21H,4-6,15H2,1-3H3,(H,29,31). The van der Waals surface area contributed by atoms with E-state index in [9.17, 15) is 4.79 Å². The van der Waals surface area contributed by atoms with E-state index in [1.807, 2.05) is 54.1 Å². The molecule has 4 aromatic rings. The molecule has 1 N–H and O–H groups in total. The van der Waals surface area contributed by atoms with Crippen LogP contribution in [0.5, 0.6) is 11.5 Å². The highest BCUT2D eigenvalue weighted by Crippen LogP contribution is 2.42. The van der Waals surface area contributed by atoms with Crippen molar-refractivity contribution in [2.75, 3.05) is 25.7 Å². The van der Waals surface area contributed by atoms with Gasteiger partial charge in [0.1, 0.15) is 0 Å². The van der Waals surface area contributed by atoms with Gasteiger partial charge in [-0.05, 0) is 55.9 Å². The van der Waals surface area contributed by atoms with Gasteiger partial charge in [-0.1, -0.05) is 12.1 Å². The van der Waals surface area contributed by atoms with Crippen LogP contribution in [-0.2, 0) is 0 Å². The second kappa shape index (κ2) is 9.54. The van der Waals surface area contributed by atoms with Gasteiger partial charge in [0.15, 0.2) is 11.5 Å². The Balaban J connectivity index is 1.59. The Labute approximate surface area is 202 Å². The maximum atomic E-state index is 13.2. The minimum atomic E-state index is -0.161. The number of nitrogens with zero attached hydrogens (tertiary/aromatic N) is 3. The fourth-order valence-corrected chi connectivity index (χ4v) is 5.12. The molecule has 1 atom stereocenters. The first-order valence-electron chi connectivity index (χ1n) is 11.5. The van der Waals surface area contributed by atoms with Gasteiger partial charge >= 0.3 is 5.69 Å². The van der Waals surface area contributed by atoms with Crippen LogP contribution in [0, 0.1) is 0 Å². The van der Waals surface area contributed by atoms with Crippen LogP contribution in [0.1, 0.15) is 43.0 Å². The Morgan fingerprint density at radius 3 is 2.71 bits per heavy atom. The molecule has 5 rings (SSSR count). The van der Waals surface area contributed by atoms with Crippen LogP contribution in [0.2, 0.25) is 0 Å². The number of aromatic amines is 1. The van der Waals surface area contributed by atoms with Crippen molar-refractivity contribution in [1.29, 1.82) is 0 Å². The van der Waals surface area contributed by atoms with Crippen LogP contribution in [-0.4, -0.2) is 45.2 Å². The third kappa shape index (κ3) is 4.18. The number of methoxy groups -OCH3 is 1. The van der Waals surface area contributed by atoms with E-state index in [4.69, 9.17) is 9.47 Å². The van der Waals surface area contributed by atoms with E-state index in [1.54, 1.807) is 31.3 Å². The molecule has 2 aromatic carbocycles. The first kappa shape index (κ1) is 22.5. The zero-order chi connectivity index (χ0) is 23.7. The lowest BCUT2D eigenvalue weighted by molar-refractivity contribution is 0.310. The second-order valence-electron chi connectivity index (χ2n) is 8.41. The number of hydrogen-bond acceptors (Lipinski definition) is 6. The molecule has 0 amide bonds. The highest BCUT2D eigenvalue weighted by molar-refractivity contribution is 7.98. The third-order valence-corrected chi connectivity index (χ3v) is 6.84. The molecule has 0 radical (unpaired) electrons. The maximum absolute atomic E-state index is 13.2. The minimum absolute atomic E-state index is 0.137. The van der Waals surface area contributed by atoms with E-state index >= 15 is 0 Å². The van der Waals surface area contributed by atoms with E-state index in [-0.39, 0.29) is 11.7 Å². The molecule has 7 nitrogen and oxygen atoms in total. The first-order chi connectivity index (χ1) is 16.6. The summed E-state index contributed by atoms with van der Waals surface area (Å²) >= 11 is 1.70. The van der Waals surface area contributed by atoms with Crippen molar-refractivity contribution in [2.24, 2.45) is 0 Å². The largest absolute Gasteiger partial charge is 0.493 e. The molecule has 0 saturated heterocycles. The number of hydrogen-bond donors (Lipinski definition) is 1. The molecule has 176 valence electrons. The van der Waals surface area contributed by atoms with Gasteiger partial charge in [-0.2, -0.15) is 11.8 Å². The monoisotopic (exact) mass is 476 g/mol. The lowest BCUT2D eigenvalue weighted by Crippen LogP contribution is -2.24. The normalized spacial score (nSPS) is 14.3. The van der Waals surface area contributed by atoms with Gasteiger partial charge in [0.05, 0.1) is 42.2 Å². The van der Waals surface area contributed by atoms with Crippen molar-refractivity contribution in [3.05, 3.63) is 70.5 Å². The van der Waals surface area contributed by atoms with Crippen LogP contribution < -0.4 is 15.2 Å². The molecule has 8 heteroatoms. The molecule has 1 saturated carbocycles. The van der Waals surface area contributed by atoms with Crippen LogP contribution >= 0.6 is 11.8 Å². The number of H-pyrrole nitrogens is 1. The number of imidazole rings is 1. The van der Waals surface area contributed by atoms with Gasteiger partial charge in [0.25, 0.3) is 0 Å². The predicted octanol–water partition coefficient (Wildman–Crippen LogP) is 5.02. The Kier molecular flexibility index (Phi) is 6.32. The number of thioether (sulfide) groups is 1. The van der Waals surface area contributed by atoms with Crippen molar-refractivity contribution in [3.63, 3.8) is 0 Å². The highest BCUT2D eigenvalue weighted by atomic mass is 32.2. The third-order valence-electron chi connectivity index (χ3n) is 6.19. The van der Waals surface area contributed by atoms with Crippen molar-refractivity contribution in [2.45, 2.75) is 31.7 Å². The summed E-state index contributed by atoms with van der Waals surface area (Å²) in [6.07, 6.45) is 7.84. The number of rotatable bonds is 9. The van der Waals surface area contributed by atoms with Crippen molar-refractivity contribution in [3.8, 4) is 22.8 Å². The fourth-order valence-electron chi connectivity index (χ4n) is 4.46. The molecule has 0 bridgehead atoms. The summed E-state index contributed by atoms with van der Waals surface area (Å²) in [6.45, 7) is 2.48. The van der Waals surface area contributed by atoms with Crippen LogP contribution in [0.4, 0.5) is 0 Å². The fraction of sp³-hybridized carbons (Fsp3) is 0.346. The Morgan fingerprint density at radius 2 is 1.97 bits per heavy atom. The highest BCUT2D eigenvalue weighted by Gasteiger charge is 2.29. The summed E-state index contributed by atoms with van der Waals surface area (Å²) in [5.41, 5.74) is 5.43. The van der Waals surface area contributed by atoms with Crippen LogP contribution in [0.3, 0.4) is 0 Å². The van der Waals surface area contributed by atoms with E-state index in [2.05, 4.69) is 15.0 Å². The van der Waals surface area contributed by atoms with E-state index in [0.717, 1.165) is 52.1 Å². The molecule has 2 aromatic heterocycles. The Hall–Kier alpha value is -3.26. The molecular formula is C26H28N4O3S. The van der Waals surface area contributed by atoms with Crippen molar-refractivity contribution in [1.82, 2.24) is 19.5 Å². The molecule has 2 heterocycles. The Morgan fingerprint density at radius 1 is 1.15 bits per heavy atom. The molecular weight excluding hydrogens is 448 g/mol. The van der Waals surface area contributed by atoms with Gasteiger partial charge in [-0.3, -0.25) is 14.5 Å². The van der Waals surface area contributed by atoms with Crippen LogP contribution in [0.15, 0.2) is 53.6 Å². The van der Waals surface area contributed by atoms with Gasteiger partial charge in [0, 0.05) is 29.6 Å². The maximum Gasteiger partial charge on any atom is 0.327 e. The van der Waals surface area contributed by atoms with Crippen LogP contribution in [0.25, 0.3) is 22.3 Å². The molecule has 0 aliphatic heterocycles. The number of aromatic nitrogens is 4. The smallest absolute Gasteiger partial charge is 0.327 e. The molecule has 34 heavy (non-hydrogen) atoms. The van der Waals surface area contributed by atoms with Crippen molar-refractivity contribution >= 4 is 22.8 Å². The van der Waals surface area contributed by atoms with E-state index in [0.29, 0.717) is 24.0 Å². The Bertz CT molecular complexity index is 1380. The number of nitrogens with one attached hydrogen (secondary N) is 1. The predicted molar refractivity (Wildman–Crippen MR) is 136 cm³/mol. The average molecular weight is 477 g/mol. The number of ether oxygens (including phenoxy) is 2. The van der Waals surface area contributed by atoms with Gasteiger partial charge in [-0.25, -0.2) is 4.79 Å². The molecule has 1 unspecified atom stereocenters. The van der Waals surface area contributed by atoms with E-state index < -0.39 is 0 Å². The summed E-state index contributed by atoms with van der Waals surface area (Å²) in [4.78, 5) is 25.5. The summed E-state index contributed by atoms with van der Waals surface area (Å²) in [5.74, 6) is 2.59. The quantitative estimate of drug-likeness (QED) is 0.365. The molecule has 1 fully saturated rings. The second-order valence-corrected chi connectivity index (χ2v) is 9.32. The zero-order valence-electron chi connectivity index (χ0n) is 19.6. The van der Waals surface area contributed by atoms with Gasteiger partial charge in [0.2, 0.25) is 0 Å². The zero-order valence-corrected chi connectivity index (χ0v) is 20.4. The lowest BCUT2D eigenvalue weighted by Gasteiger charge is -2.20. The SMILES string of the molecule is CCOc1cc(C(CSC)n2c(=O)[nH]c3cc(-c4nccnc4C4CC4)ccc32)ccc1OC. The summed E-state index contributed by atoms with van der Waals surface area (Å²) in [6, 6.07) is 11.8. The number of fused-ring (bicyclic) bond motifs is 1. The molecule has 1 aliphatic rings. The average Bonchev–Trinajstić information content (AvgIpc) is 3.65. The van der Waals surface area contributed by atoms with Crippen molar-refractivity contribution < 1.29 is 9.47 Å². The molecule has 1 aliphatic carbocycles.